The molecule has 0 bridgehead atoms. The predicted octanol–water partition coefficient (Wildman–Crippen LogP) is 5.53. The highest BCUT2D eigenvalue weighted by atomic mass is 35.5. The van der Waals surface area contributed by atoms with Crippen LogP contribution in [0.25, 0.3) is 0 Å². The molecule has 0 saturated heterocycles. The lowest BCUT2D eigenvalue weighted by Gasteiger charge is -2.19. The first-order valence-electron chi connectivity index (χ1n) is 6.80. The first-order chi connectivity index (χ1) is 11.5. The fourth-order valence-electron chi connectivity index (χ4n) is 2.10. The molecule has 1 amide bonds. The van der Waals surface area contributed by atoms with Crippen molar-refractivity contribution in [3.63, 3.8) is 0 Å². The first kappa shape index (κ1) is 19.5. The highest BCUT2D eigenvalue weighted by Crippen LogP contribution is 2.35. The summed E-state index contributed by atoms with van der Waals surface area (Å²) in [6.45, 7) is -1.22. The SMILES string of the molecule is O=C(NCC(F)(F)c1ccc(Cl)cc1Cl)c1ccccc1C(F)(F)F. The molecule has 0 saturated carbocycles. The highest BCUT2D eigenvalue weighted by Gasteiger charge is 2.37. The van der Waals surface area contributed by atoms with E-state index in [1.165, 1.54) is 12.1 Å². The van der Waals surface area contributed by atoms with Crippen molar-refractivity contribution in [2.75, 3.05) is 6.54 Å². The van der Waals surface area contributed by atoms with E-state index >= 15 is 0 Å². The van der Waals surface area contributed by atoms with Crippen molar-refractivity contribution in [3.05, 3.63) is 69.2 Å². The zero-order valence-corrected chi connectivity index (χ0v) is 13.8. The van der Waals surface area contributed by atoms with Gasteiger partial charge in [-0.15, -0.1) is 0 Å². The van der Waals surface area contributed by atoms with Crippen LogP contribution in [0.5, 0.6) is 0 Å². The summed E-state index contributed by atoms with van der Waals surface area (Å²) in [5.74, 6) is -4.86. The second-order valence-corrected chi connectivity index (χ2v) is 5.90. The van der Waals surface area contributed by atoms with Crippen molar-refractivity contribution in [3.8, 4) is 0 Å². The smallest absolute Gasteiger partial charge is 0.346 e. The second kappa shape index (κ2) is 7.17. The van der Waals surface area contributed by atoms with Crippen LogP contribution in [0.3, 0.4) is 0 Å². The van der Waals surface area contributed by atoms with Crippen molar-refractivity contribution in [2.24, 2.45) is 0 Å². The minimum Gasteiger partial charge on any atom is -0.346 e. The summed E-state index contributed by atoms with van der Waals surface area (Å²) in [4.78, 5) is 11.9. The van der Waals surface area contributed by atoms with Crippen LogP contribution in [-0.2, 0) is 12.1 Å². The van der Waals surface area contributed by atoms with E-state index in [4.69, 9.17) is 23.2 Å². The van der Waals surface area contributed by atoms with Gasteiger partial charge in [0.05, 0.1) is 22.7 Å². The molecular weight excluding hydrogens is 388 g/mol. The Kier molecular flexibility index (Phi) is 5.58. The Labute approximate surface area is 149 Å². The molecule has 0 fully saturated rings. The van der Waals surface area contributed by atoms with Gasteiger partial charge in [0.2, 0.25) is 0 Å². The van der Waals surface area contributed by atoms with Gasteiger partial charge in [-0.05, 0) is 30.3 Å². The monoisotopic (exact) mass is 397 g/mol. The molecule has 2 aromatic rings. The van der Waals surface area contributed by atoms with Gasteiger partial charge in [-0.2, -0.15) is 22.0 Å². The van der Waals surface area contributed by atoms with Gasteiger partial charge in [0.1, 0.15) is 0 Å². The molecule has 2 nitrogen and oxygen atoms in total. The highest BCUT2D eigenvalue weighted by molar-refractivity contribution is 6.35. The topological polar surface area (TPSA) is 29.1 Å². The van der Waals surface area contributed by atoms with Gasteiger partial charge in [0.15, 0.2) is 0 Å². The van der Waals surface area contributed by atoms with Gasteiger partial charge in [-0.3, -0.25) is 4.79 Å². The molecular formula is C16H10Cl2F5NO. The third-order valence-electron chi connectivity index (χ3n) is 3.27. The number of nitrogens with one attached hydrogen (secondary N) is 1. The molecule has 0 aliphatic carbocycles. The van der Waals surface area contributed by atoms with E-state index < -0.39 is 41.2 Å². The molecule has 2 rings (SSSR count). The number of halogens is 7. The Morgan fingerprint density at radius 2 is 1.60 bits per heavy atom. The van der Waals surface area contributed by atoms with Crippen LogP contribution < -0.4 is 5.32 Å². The lowest BCUT2D eigenvalue weighted by atomic mass is 10.1. The lowest BCUT2D eigenvalue weighted by Crippen LogP contribution is -2.36. The molecule has 0 unspecified atom stereocenters. The summed E-state index contributed by atoms with van der Waals surface area (Å²) in [5, 5.41) is 1.64. The summed E-state index contributed by atoms with van der Waals surface area (Å²) in [7, 11) is 0. The van der Waals surface area contributed by atoms with Gasteiger partial charge in [-0.1, -0.05) is 35.3 Å². The van der Waals surface area contributed by atoms with Crippen molar-refractivity contribution in [1.82, 2.24) is 5.32 Å². The van der Waals surface area contributed by atoms with Gasteiger partial charge in [0, 0.05) is 10.6 Å². The standard InChI is InChI=1S/C16H10Cl2F5NO/c17-9-5-6-12(13(18)7-9)15(19,20)8-24-14(25)10-3-1-2-4-11(10)16(21,22)23/h1-7H,8H2,(H,24,25). The number of hydrogen-bond acceptors (Lipinski definition) is 1. The van der Waals surface area contributed by atoms with Crippen LogP contribution in [0.15, 0.2) is 42.5 Å². The molecule has 2 aromatic carbocycles. The van der Waals surface area contributed by atoms with Crippen molar-refractivity contribution < 1.29 is 26.7 Å². The Hall–Kier alpha value is -1.86. The molecule has 1 N–H and O–H groups in total. The van der Waals surface area contributed by atoms with Gasteiger partial charge >= 0.3 is 6.18 Å². The molecule has 0 spiro atoms. The maximum absolute atomic E-state index is 14.2. The molecule has 9 heteroatoms. The third-order valence-corrected chi connectivity index (χ3v) is 3.82. The maximum atomic E-state index is 14.2. The van der Waals surface area contributed by atoms with Crippen LogP contribution >= 0.6 is 23.2 Å². The molecule has 0 aliphatic heterocycles. The molecule has 0 aliphatic rings. The van der Waals surface area contributed by atoms with E-state index in [2.05, 4.69) is 0 Å². The zero-order chi connectivity index (χ0) is 18.8. The molecule has 0 atom stereocenters. The number of rotatable bonds is 4. The Morgan fingerprint density at radius 1 is 0.960 bits per heavy atom. The number of hydrogen-bond donors (Lipinski definition) is 1. The van der Waals surface area contributed by atoms with E-state index in [0.717, 1.165) is 24.3 Å². The number of amides is 1. The zero-order valence-electron chi connectivity index (χ0n) is 12.3. The number of alkyl halides is 5. The third kappa shape index (κ3) is 4.61. The Morgan fingerprint density at radius 3 is 2.20 bits per heavy atom. The van der Waals surface area contributed by atoms with Crippen molar-refractivity contribution in [1.29, 1.82) is 0 Å². The van der Waals surface area contributed by atoms with E-state index in [-0.39, 0.29) is 10.0 Å². The average Bonchev–Trinajstić information content (AvgIpc) is 2.51. The Bertz CT molecular complexity index is 792. The van der Waals surface area contributed by atoms with Gasteiger partial charge in [-0.25, -0.2) is 0 Å². The molecule has 0 heterocycles. The van der Waals surface area contributed by atoms with Crippen molar-refractivity contribution >= 4 is 29.1 Å². The summed E-state index contributed by atoms with van der Waals surface area (Å²) < 4.78 is 67.0. The number of carbonyl (C=O) groups is 1. The Balaban J connectivity index is 2.20. The summed E-state index contributed by atoms with van der Waals surface area (Å²) in [6, 6.07) is 7.19. The van der Waals surface area contributed by atoms with Gasteiger partial charge < -0.3 is 5.32 Å². The van der Waals surface area contributed by atoms with E-state index in [1.807, 2.05) is 5.32 Å². The van der Waals surface area contributed by atoms with Crippen LogP contribution in [0, 0.1) is 0 Å². The van der Waals surface area contributed by atoms with E-state index in [1.54, 1.807) is 0 Å². The number of benzene rings is 2. The minimum atomic E-state index is -4.78. The fraction of sp³-hybridized carbons (Fsp3) is 0.188. The van der Waals surface area contributed by atoms with Crippen LogP contribution in [0.4, 0.5) is 22.0 Å². The molecule has 0 radical (unpaired) electrons. The lowest BCUT2D eigenvalue weighted by molar-refractivity contribution is -0.137. The van der Waals surface area contributed by atoms with Crippen LogP contribution in [0.1, 0.15) is 21.5 Å². The largest absolute Gasteiger partial charge is 0.417 e. The van der Waals surface area contributed by atoms with Gasteiger partial charge in [0.25, 0.3) is 11.8 Å². The van der Waals surface area contributed by atoms with E-state index in [9.17, 15) is 26.7 Å². The predicted molar refractivity (Wildman–Crippen MR) is 84.1 cm³/mol. The van der Waals surface area contributed by atoms with Crippen molar-refractivity contribution in [2.45, 2.75) is 12.1 Å². The van der Waals surface area contributed by atoms with Crippen LogP contribution in [-0.4, -0.2) is 12.5 Å². The second-order valence-electron chi connectivity index (χ2n) is 5.05. The number of carbonyl (C=O) groups excluding carboxylic acids is 1. The van der Waals surface area contributed by atoms with E-state index in [0.29, 0.717) is 6.07 Å². The molecule has 134 valence electrons. The summed E-state index contributed by atoms with van der Waals surface area (Å²) in [6.07, 6.45) is -4.78. The van der Waals surface area contributed by atoms with Crippen LogP contribution in [0.2, 0.25) is 10.0 Å². The fourth-order valence-corrected chi connectivity index (χ4v) is 2.64. The molecule has 25 heavy (non-hydrogen) atoms. The summed E-state index contributed by atoms with van der Waals surface area (Å²) in [5.41, 5.74) is -2.55. The maximum Gasteiger partial charge on any atom is 0.417 e. The molecule has 0 aromatic heterocycles. The average molecular weight is 398 g/mol. The minimum absolute atomic E-state index is 0.146. The summed E-state index contributed by atoms with van der Waals surface area (Å²) >= 11 is 11.3. The normalized spacial score (nSPS) is 12.1. The quantitative estimate of drug-likeness (QED) is 0.674. The first-order valence-corrected chi connectivity index (χ1v) is 7.56.